The summed E-state index contributed by atoms with van der Waals surface area (Å²) in [4.78, 5) is 0. The minimum absolute atomic E-state index is 0.508. The van der Waals surface area contributed by atoms with Crippen molar-refractivity contribution in [3.63, 3.8) is 0 Å². The lowest BCUT2D eigenvalue weighted by Crippen LogP contribution is -2.32. The van der Waals surface area contributed by atoms with Gasteiger partial charge in [0.15, 0.2) is 0 Å². The van der Waals surface area contributed by atoms with E-state index in [-0.39, 0.29) is 0 Å². The molecule has 0 spiro atoms. The molecule has 0 unspecified atom stereocenters. The minimum Gasteiger partial charge on any atom is -0.385 e. The largest absolute Gasteiger partial charge is 0.385 e. The van der Waals surface area contributed by atoms with Gasteiger partial charge in [0, 0.05) is 0 Å². The number of hydrogen-bond acceptors (Lipinski definition) is 1. The van der Waals surface area contributed by atoms with Gasteiger partial charge in [0.25, 0.3) is 0 Å². The second kappa shape index (κ2) is 6.30. The molecule has 1 aromatic rings. The van der Waals surface area contributed by atoms with Crippen LogP contribution in [0.3, 0.4) is 0 Å². The van der Waals surface area contributed by atoms with Crippen LogP contribution in [0.2, 0.25) is 0 Å². The molecule has 1 heteroatoms. The van der Waals surface area contributed by atoms with Crippen LogP contribution in [0.1, 0.15) is 76.8 Å². The molecular weight excluding hydrogens is 244 g/mol. The topological polar surface area (TPSA) is 20.2 Å². The molecule has 1 saturated carbocycles. The van der Waals surface area contributed by atoms with Gasteiger partial charge in [-0.25, -0.2) is 0 Å². The van der Waals surface area contributed by atoms with E-state index in [1.54, 1.807) is 0 Å². The lowest BCUT2D eigenvalue weighted by molar-refractivity contribution is -0.00588. The second-order valence-electron chi connectivity index (χ2n) is 7.44. The molecule has 0 atom stereocenters. The molecule has 0 amide bonds. The molecule has 0 heterocycles. The van der Waals surface area contributed by atoms with E-state index in [9.17, 15) is 5.11 Å². The molecule has 0 bridgehead atoms. The number of rotatable bonds is 6. The van der Waals surface area contributed by atoms with Crippen LogP contribution in [0.25, 0.3) is 0 Å². The summed E-state index contributed by atoms with van der Waals surface area (Å²) in [5.41, 5.74) is 1.95. The third kappa shape index (κ3) is 3.44. The van der Waals surface area contributed by atoms with E-state index >= 15 is 0 Å². The van der Waals surface area contributed by atoms with Crippen LogP contribution in [0, 0.1) is 11.8 Å². The first-order valence-corrected chi connectivity index (χ1v) is 8.24. The first-order valence-electron chi connectivity index (χ1n) is 8.24. The van der Waals surface area contributed by atoms with Crippen LogP contribution < -0.4 is 0 Å². The Balaban J connectivity index is 2.37. The summed E-state index contributed by atoms with van der Waals surface area (Å²) in [6.07, 6.45) is 5.63. The first kappa shape index (κ1) is 15.6. The van der Waals surface area contributed by atoms with Crippen molar-refractivity contribution < 1.29 is 5.11 Å². The fraction of sp³-hybridized carbons (Fsp3) is 0.684. The quantitative estimate of drug-likeness (QED) is 0.752. The van der Waals surface area contributed by atoms with E-state index in [4.69, 9.17) is 0 Å². The first-order chi connectivity index (χ1) is 9.42. The van der Waals surface area contributed by atoms with Gasteiger partial charge in [-0.3, -0.25) is 0 Å². The van der Waals surface area contributed by atoms with Crippen molar-refractivity contribution in [1.82, 2.24) is 0 Å². The van der Waals surface area contributed by atoms with Gasteiger partial charge in [-0.2, -0.15) is 0 Å². The van der Waals surface area contributed by atoms with Gasteiger partial charge in [-0.15, -0.1) is 0 Å². The van der Waals surface area contributed by atoms with E-state index in [0.29, 0.717) is 17.8 Å². The smallest absolute Gasteiger partial charge is 0.0904 e. The van der Waals surface area contributed by atoms with Crippen molar-refractivity contribution in [2.45, 2.75) is 71.3 Å². The lowest BCUT2D eigenvalue weighted by Gasteiger charge is -2.37. The van der Waals surface area contributed by atoms with Crippen LogP contribution in [0.15, 0.2) is 24.3 Å². The summed E-state index contributed by atoms with van der Waals surface area (Å²) < 4.78 is 0. The molecule has 1 aliphatic rings. The fourth-order valence-corrected chi connectivity index (χ4v) is 3.65. The maximum atomic E-state index is 11.4. The van der Waals surface area contributed by atoms with Crippen molar-refractivity contribution in [3.8, 4) is 0 Å². The normalized spacial score (nSPS) is 16.8. The summed E-state index contributed by atoms with van der Waals surface area (Å²) in [5, 5.41) is 11.4. The monoisotopic (exact) mass is 274 g/mol. The van der Waals surface area contributed by atoms with Crippen LogP contribution in [-0.2, 0) is 5.60 Å². The van der Waals surface area contributed by atoms with Crippen molar-refractivity contribution in [1.29, 1.82) is 0 Å². The Hall–Kier alpha value is -0.820. The van der Waals surface area contributed by atoms with Crippen molar-refractivity contribution in [2.75, 3.05) is 0 Å². The molecule has 2 rings (SSSR count). The second-order valence-corrected chi connectivity index (χ2v) is 7.44. The zero-order chi connectivity index (χ0) is 14.8. The third-order valence-corrected chi connectivity index (χ3v) is 4.50. The zero-order valence-corrected chi connectivity index (χ0v) is 13.5. The van der Waals surface area contributed by atoms with Crippen LogP contribution >= 0.6 is 0 Å². The molecular formula is C19H30O. The van der Waals surface area contributed by atoms with Gasteiger partial charge in [0.2, 0.25) is 0 Å². The van der Waals surface area contributed by atoms with Gasteiger partial charge >= 0.3 is 0 Å². The third-order valence-electron chi connectivity index (χ3n) is 4.50. The summed E-state index contributed by atoms with van der Waals surface area (Å²) in [5.74, 6) is 1.69. The number of aliphatic hydroxyl groups is 1. The summed E-state index contributed by atoms with van der Waals surface area (Å²) in [7, 11) is 0. The SMILES string of the molecule is CC(C)CC(O)(CC(C)C)c1ccccc1C1CCC1. The molecule has 0 saturated heterocycles. The van der Waals surface area contributed by atoms with Crippen molar-refractivity contribution >= 4 is 0 Å². The molecule has 1 fully saturated rings. The lowest BCUT2D eigenvalue weighted by atomic mass is 9.71. The fourth-order valence-electron chi connectivity index (χ4n) is 3.65. The number of hydrogen-bond donors (Lipinski definition) is 1. The van der Waals surface area contributed by atoms with Gasteiger partial charge in [-0.05, 0) is 54.6 Å². The van der Waals surface area contributed by atoms with E-state index in [0.717, 1.165) is 12.8 Å². The number of benzene rings is 1. The Bertz CT molecular complexity index is 419. The van der Waals surface area contributed by atoms with E-state index in [1.165, 1.54) is 30.4 Å². The predicted octanol–water partition coefficient (Wildman–Crippen LogP) is 5.23. The molecule has 1 aliphatic carbocycles. The standard InChI is InChI=1S/C19H30O/c1-14(2)12-19(20,13-15(3)4)18-11-6-5-10-17(18)16-8-7-9-16/h5-6,10-11,14-16,20H,7-9,12-13H2,1-4H3. The molecule has 0 radical (unpaired) electrons. The highest BCUT2D eigenvalue weighted by molar-refractivity contribution is 5.36. The Labute approximate surface area is 124 Å². The Morgan fingerprint density at radius 2 is 1.60 bits per heavy atom. The van der Waals surface area contributed by atoms with E-state index < -0.39 is 5.60 Å². The Morgan fingerprint density at radius 1 is 1.05 bits per heavy atom. The van der Waals surface area contributed by atoms with Gasteiger partial charge in [0.1, 0.15) is 0 Å². The molecule has 0 aliphatic heterocycles. The molecule has 20 heavy (non-hydrogen) atoms. The average Bonchev–Trinajstić information content (AvgIpc) is 2.24. The Kier molecular flexibility index (Phi) is 4.90. The van der Waals surface area contributed by atoms with E-state index in [1.807, 2.05) is 0 Å². The van der Waals surface area contributed by atoms with Gasteiger partial charge < -0.3 is 5.11 Å². The highest BCUT2D eigenvalue weighted by atomic mass is 16.3. The zero-order valence-electron chi connectivity index (χ0n) is 13.5. The molecule has 1 nitrogen and oxygen atoms in total. The van der Waals surface area contributed by atoms with Gasteiger partial charge in [0.05, 0.1) is 5.60 Å². The van der Waals surface area contributed by atoms with Crippen LogP contribution in [0.4, 0.5) is 0 Å². The molecule has 0 aromatic heterocycles. The van der Waals surface area contributed by atoms with Gasteiger partial charge in [-0.1, -0.05) is 58.4 Å². The van der Waals surface area contributed by atoms with Crippen molar-refractivity contribution in [3.05, 3.63) is 35.4 Å². The summed E-state index contributed by atoms with van der Waals surface area (Å²) in [6.45, 7) is 8.82. The summed E-state index contributed by atoms with van der Waals surface area (Å²) >= 11 is 0. The minimum atomic E-state index is -0.658. The predicted molar refractivity (Wildman–Crippen MR) is 85.8 cm³/mol. The van der Waals surface area contributed by atoms with Crippen molar-refractivity contribution in [2.24, 2.45) is 11.8 Å². The van der Waals surface area contributed by atoms with Crippen LogP contribution in [-0.4, -0.2) is 5.11 Å². The molecule has 1 N–H and O–H groups in total. The maximum Gasteiger partial charge on any atom is 0.0904 e. The highest BCUT2D eigenvalue weighted by Gasteiger charge is 2.35. The summed E-state index contributed by atoms with van der Waals surface area (Å²) in [6, 6.07) is 8.62. The van der Waals surface area contributed by atoms with Crippen LogP contribution in [0.5, 0.6) is 0 Å². The average molecular weight is 274 g/mol. The van der Waals surface area contributed by atoms with E-state index in [2.05, 4.69) is 52.0 Å². The Morgan fingerprint density at radius 3 is 2.05 bits per heavy atom. The molecule has 1 aromatic carbocycles. The molecule has 112 valence electrons. The maximum absolute atomic E-state index is 11.4. The highest BCUT2D eigenvalue weighted by Crippen LogP contribution is 2.44.